The van der Waals surface area contributed by atoms with E-state index in [1.807, 2.05) is 0 Å². The van der Waals surface area contributed by atoms with E-state index in [2.05, 4.69) is 21.3 Å². The Morgan fingerprint density at radius 1 is 1.00 bits per heavy atom. The van der Waals surface area contributed by atoms with E-state index >= 15 is 0 Å². The molecule has 0 bridgehead atoms. The highest BCUT2D eigenvalue weighted by atomic mass is 19.4. The number of aliphatic hydroxyl groups is 1. The van der Waals surface area contributed by atoms with Crippen LogP contribution in [-0.2, 0) is 24.0 Å². The SMILES string of the molecule is CCC[C@@H](C(=O)N[C@@H](C[C@@H]1CCCNC1O)C(=O)C(=O)NC1CC1)N(C)C(=O)[C@H](NC(=O)C1(C(F)(F)F)CC1)C1CCCC1. The van der Waals surface area contributed by atoms with Crippen molar-refractivity contribution in [3.05, 3.63) is 0 Å². The van der Waals surface area contributed by atoms with Gasteiger partial charge in [-0.05, 0) is 76.7 Å². The quantitative estimate of drug-likeness (QED) is 0.183. The van der Waals surface area contributed by atoms with Crippen molar-refractivity contribution in [2.75, 3.05) is 13.6 Å². The molecule has 1 heterocycles. The molecule has 0 aromatic rings. The molecule has 3 aliphatic carbocycles. The fourth-order valence-corrected chi connectivity index (χ4v) is 6.49. The van der Waals surface area contributed by atoms with Gasteiger partial charge in [-0.3, -0.25) is 29.3 Å². The summed E-state index contributed by atoms with van der Waals surface area (Å²) in [5.41, 5.74) is -2.49. The van der Waals surface area contributed by atoms with E-state index in [4.69, 9.17) is 0 Å². The highest BCUT2D eigenvalue weighted by molar-refractivity contribution is 6.38. The van der Waals surface area contributed by atoms with Crippen LogP contribution >= 0.6 is 0 Å². The molecule has 1 saturated heterocycles. The van der Waals surface area contributed by atoms with Gasteiger partial charge in [0.2, 0.25) is 23.5 Å². The van der Waals surface area contributed by atoms with Gasteiger partial charge in [-0.1, -0.05) is 26.2 Å². The molecule has 4 fully saturated rings. The Labute approximate surface area is 255 Å². The fourth-order valence-electron chi connectivity index (χ4n) is 6.49. The van der Waals surface area contributed by atoms with Crippen molar-refractivity contribution in [2.45, 2.75) is 127 Å². The van der Waals surface area contributed by atoms with E-state index < -0.39 is 71.3 Å². The van der Waals surface area contributed by atoms with Crippen molar-refractivity contribution in [1.82, 2.24) is 26.2 Å². The lowest BCUT2D eigenvalue weighted by Gasteiger charge is -2.35. The Kier molecular flexibility index (Phi) is 11.0. The average Bonchev–Trinajstić information content (AvgIpc) is 3.91. The third-order valence-electron chi connectivity index (χ3n) is 9.69. The number of amides is 4. The molecule has 4 amide bonds. The lowest BCUT2D eigenvalue weighted by atomic mass is 9.88. The van der Waals surface area contributed by atoms with Crippen molar-refractivity contribution < 1.29 is 42.3 Å². The molecular weight excluding hydrogens is 583 g/mol. The zero-order valence-corrected chi connectivity index (χ0v) is 25.5. The number of carbonyl (C=O) groups is 5. The maximum absolute atomic E-state index is 13.9. The first-order valence-corrected chi connectivity index (χ1v) is 16.0. The first-order valence-electron chi connectivity index (χ1n) is 16.0. The van der Waals surface area contributed by atoms with Crippen molar-refractivity contribution in [1.29, 1.82) is 0 Å². The first kappa shape index (κ1) is 34.1. The number of aliphatic hydroxyl groups excluding tert-OH is 1. The second-order valence-electron chi connectivity index (χ2n) is 13.0. The van der Waals surface area contributed by atoms with Crippen LogP contribution in [0.5, 0.6) is 0 Å². The molecule has 5 atom stereocenters. The zero-order valence-electron chi connectivity index (χ0n) is 25.5. The van der Waals surface area contributed by atoms with Crippen LogP contribution in [0.3, 0.4) is 0 Å². The van der Waals surface area contributed by atoms with Gasteiger partial charge in [0.25, 0.3) is 5.91 Å². The number of hydrogen-bond acceptors (Lipinski definition) is 7. The molecule has 0 radical (unpaired) electrons. The van der Waals surface area contributed by atoms with Gasteiger partial charge in [0.05, 0.1) is 6.04 Å². The molecule has 44 heavy (non-hydrogen) atoms. The Balaban J connectivity index is 1.51. The summed E-state index contributed by atoms with van der Waals surface area (Å²) in [4.78, 5) is 67.6. The summed E-state index contributed by atoms with van der Waals surface area (Å²) in [5, 5.41) is 21.1. The number of rotatable bonds is 14. The van der Waals surface area contributed by atoms with Crippen LogP contribution in [0.15, 0.2) is 0 Å². The highest BCUT2D eigenvalue weighted by Crippen LogP contribution is 2.57. The number of Topliss-reactive ketones (excluding diaryl/α,β-unsaturated/α-hetero) is 1. The summed E-state index contributed by atoms with van der Waals surface area (Å²) in [7, 11) is 1.37. The predicted molar refractivity (Wildman–Crippen MR) is 153 cm³/mol. The monoisotopic (exact) mass is 629 g/mol. The zero-order chi connectivity index (χ0) is 32.2. The largest absolute Gasteiger partial charge is 0.403 e. The number of carbonyl (C=O) groups excluding carboxylic acids is 5. The van der Waals surface area contributed by atoms with Crippen molar-refractivity contribution in [3.63, 3.8) is 0 Å². The first-order chi connectivity index (χ1) is 20.8. The highest BCUT2D eigenvalue weighted by Gasteiger charge is 2.68. The second kappa shape index (κ2) is 14.1. The number of halogens is 3. The summed E-state index contributed by atoms with van der Waals surface area (Å²) in [5.74, 6) is -5.01. The smallest absolute Gasteiger partial charge is 0.378 e. The van der Waals surface area contributed by atoms with Gasteiger partial charge in [-0.15, -0.1) is 0 Å². The minimum Gasteiger partial charge on any atom is -0.378 e. The molecule has 0 spiro atoms. The second-order valence-corrected chi connectivity index (χ2v) is 13.0. The van der Waals surface area contributed by atoms with Crippen LogP contribution in [-0.4, -0.2) is 89.6 Å². The lowest BCUT2D eigenvalue weighted by molar-refractivity contribution is -0.193. The number of ketones is 1. The van der Waals surface area contributed by atoms with Gasteiger partial charge in [0, 0.05) is 19.0 Å². The molecule has 1 aliphatic heterocycles. The summed E-state index contributed by atoms with van der Waals surface area (Å²) in [6.45, 7) is 2.39. The molecule has 14 heteroatoms. The fraction of sp³-hybridized carbons (Fsp3) is 0.833. The number of nitrogens with zero attached hydrogens (tertiary/aromatic N) is 1. The average molecular weight is 630 g/mol. The molecule has 0 aromatic carbocycles. The Morgan fingerprint density at radius 3 is 2.20 bits per heavy atom. The van der Waals surface area contributed by atoms with E-state index in [0.29, 0.717) is 32.2 Å². The number of alkyl halides is 3. The lowest BCUT2D eigenvalue weighted by Crippen LogP contribution is -2.59. The Bertz CT molecular complexity index is 1090. The molecule has 4 rings (SSSR count). The Hall–Kier alpha value is -2.74. The van der Waals surface area contributed by atoms with E-state index in [1.54, 1.807) is 6.92 Å². The summed E-state index contributed by atoms with van der Waals surface area (Å²) in [6.07, 6.45) is -0.186. The van der Waals surface area contributed by atoms with E-state index in [-0.39, 0.29) is 37.6 Å². The number of piperidine rings is 1. The molecule has 1 unspecified atom stereocenters. The van der Waals surface area contributed by atoms with E-state index in [1.165, 1.54) is 7.05 Å². The van der Waals surface area contributed by atoms with Crippen LogP contribution in [0, 0.1) is 17.3 Å². The number of likely N-dealkylation sites (N-methyl/N-ethyl adjacent to an activating group) is 1. The van der Waals surface area contributed by atoms with Crippen molar-refractivity contribution >= 4 is 29.4 Å². The third kappa shape index (κ3) is 7.91. The molecule has 248 valence electrons. The molecule has 0 aromatic heterocycles. The normalized spacial score (nSPS) is 25.3. The van der Waals surface area contributed by atoms with Crippen LogP contribution in [0.25, 0.3) is 0 Å². The standard InChI is InChI=1S/C30H46F3N5O6/c1-3-7-21(25(41)36-20(16-18-10-6-15-34-24(18)40)23(39)26(42)35-19-11-12-19)38(2)27(43)22(17-8-4-5-9-17)37-28(44)29(13-14-29)30(31,32)33/h17-22,24,34,40H,3-16H2,1-2H3,(H,35,42)(H,36,41)(H,37,44)/t18-,20-,21-,22+,24?/m0/s1. The van der Waals surface area contributed by atoms with Gasteiger partial charge >= 0.3 is 6.18 Å². The third-order valence-corrected chi connectivity index (χ3v) is 9.69. The minimum absolute atomic E-state index is 0.00755. The van der Waals surface area contributed by atoms with Gasteiger partial charge in [0.15, 0.2) is 0 Å². The van der Waals surface area contributed by atoms with E-state index in [9.17, 15) is 42.3 Å². The molecule has 3 saturated carbocycles. The molecule has 5 N–H and O–H groups in total. The summed E-state index contributed by atoms with van der Waals surface area (Å²) < 4.78 is 41.1. The summed E-state index contributed by atoms with van der Waals surface area (Å²) in [6, 6.07) is -3.68. The van der Waals surface area contributed by atoms with Crippen LogP contribution < -0.4 is 21.3 Å². The van der Waals surface area contributed by atoms with Crippen LogP contribution in [0.1, 0.15) is 90.4 Å². The minimum atomic E-state index is -4.73. The van der Waals surface area contributed by atoms with Gasteiger partial charge in [-0.2, -0.15) is 13.2 Å². The molecule has 11 nitrogen and oxygen atoms in total. The summed E-state index contributed by atoms with van der Waals surface area (Å²) >= 11 is 0. The molecular formula is C30H46F3N5O6. The van der Waals surface area contributed by atoms with E-state index in [0.717, 1.165) is 37.0 Å². The van der Waals surface area contributed by atoms with Crippen LogP contribution in [0.4, 0.5) is 13.2 Å². The molecule has 4 aliphatic rings. The maximum atomic E-state index is 13.9. The van der Waals surface area contributed by atoms with Crippen molar-refractivity contribution in [2.24, 2.45) is 17.3 Å². The van der Waals surface area contributed by atoms with Gasteiger partial charge in [0.1, 0.15) is 23.7 Å². The van der Waals surface area contributed by atoms with Crippen LogP contribution in [0.2, 0.25) is 0 Å². The topological polar surface area (TPSA) is 157 Å². The number of hydrogen-bond donors (Lipinski definition) is 5. The van der Waals surface area contributed by atoms with Gasteiger partial charge < -0.3 is 26.0 Å². The Morgan fingerprint density at radius 2 is 1.66 bits per heavy atom. The number of nitrogens with one attached hydrogen (secondary N) is 4. The predicted octanol–water partition coefficient (Wildman–Crippen LogP) is 1.67. The maximum Gasteiger partial charge on any atom is 0.403 e. The van der Waals surface area contributed by atoms with Crippen molar-refractivity contribution in [3.8, 4) is 0 Å². The van der Waals surface area contributed by atoms with Gasteiger partial charge in [-0.25, -0.2) is 0 Å².